The molecule has 0 amide bonds. The molecule has 19 heavy (non-hydrogen) atoms. The molecule has 0 aliphatic heterocycles. The van der Waals surface area contributed by atoms with Gasteiger partial charge in [0.2, 0.25) is 0 Å². The molecule has 0 bridgehead atoms. The summed E-state index contributed by atoms with van der Waals surface area (Å²) in [6.45, 7) is 0. The van der Waals surface area contributed by atoms with E-state index in [0.29, 0.717) is 23.4 Å². The first kappa shape index (κ1) is 11.8. The Morgan fingerprint density at radius 3 is 2.63 bits per heavy atom. The third kappa shape index (κ3) is 2.32. The van der Waals surface area contributed by atoms with Crippen LogP contribution in [0, 0.1) is 10.6 Å². The predicted molar refractivity (Wildman–Crippen MR) is 71.1 cm³/mol. The molecule has 5 nitrogen and oxygen atoms in total. The van der Waals surface area contributed by atoms with Gasteiger partial charge in [-0.2, -0.15) is 0 Å². The van der Waals surface area contributed by atoms with E-state index < -0.39 is 0 Å². The molecule has 1 aromatic carbocycles. The highest BCUT2D eigenvalue weighted by atomic mass is 32.1. The Morgan fingerprint density at radius 2 is 1.89 bits per heavy atom. The maximum absolute atomic E-state index is 12.8. The van der Waals surface area contributed by atoms with Crippen LogP contribution in [-0.4, -0.2) is 19.9 Å². The van der Waals surface area contributed by atoms with Gasteiger partial charge in [0.25, 0.3) is 5.56 Å². The number of H-pyrrole nitrogens is 3. The Kier molecular flexibility index (Phi) is 2.75. The fraction of sp³-hybridized carbons (Fsp3) is 0.0833. The number of aromatic nitrogens is 4. The summed E-state index contributed by atoms with van der Waals surface area (Å²) >= 11 is 4.87. The summed E-state index contributed by atoms with van der Waals surface area (Å²) in [4.78, 5) is 24.1. The van der Waals surface area contributed by atoms with E-state index in [9.17, 15) is 9.18 Å². The van der Waals surface area contributed by atoms with Crippen LogP contribution in [0.2, 0.25) is 0 Å². The zero-order valence-corrected chi connectivity index (χ0v) is 10.5. The molecule has 0 radical (unpaired) electrons. The van der Waals surface area contributed by atoms with E-state index in [4.69, 9.17) is 12.2 Å². The number of nitrogens with one attached hydrogen (secondary N) is 3. The number of hydrogen-bond donors (Lipinski definition) is 3. The third-order valence-electron chi connectivity index (χ3n) is 2.72. The molecule has 0 aliphatic carbocycles. The molecular weight excluding hydrogens is 267 g/mol. The van der Waals surface area contributed by atoms with Gasteiger partial charge in [-0.05, 0) is 29.9 Å². The van der Waals surface area contributed by atoms with Crippen molar-refractivity contribution in [3.63, 3.8) is 0 Å². The van der Waals surface area contributed by atoms with Crippen LogP contribution < -0.4 is 5.56 Å². The molecule has 2 heterocycles. The molecular formula is C12H9FN4OS. The summed E-state index contributed by atoms with van der Waals surface area (Å²) in [6, 6.07) is 6.13. The Balaban J connectivity index is 2.02. The first-order valence-corrected chi connectivity index (χ1v) is 5.98. The van der Waals surface area contributed by atoms with Crippen LogP contribution >= 0.6 is 12.2 Å². The zero-order chi connectivity index (χ0) is 13.4. The van der Waals surface area contributed by atoms with E-state index in [-0.39, 0.29) is 16.1 Å². The molecule has 0 saturated carbocycles. The summed E-state index contributed by atoms with van der Waals surface area (Å²) in [6.07, 6.45) is 0.481. The molecule has 0 spiro atoms. The van der Waals surface area contributed by atoms with Crippen molar-refractivity contribution >= 4 is 23.4 Å². The predicted octanol–water partition coefficient (Wildman–Crippen LogP) is 2.04. The molecule has 0 atom stereocenters. The lowest BCUT2D eigenvalue weighted by Crippen LogP contribution is -2.07. The topological polar surface area (TPSA) is 77.3 Å². The number of imidazole rings is 1. The average Bonchev–Trinajstić information content (AvgIpc) is 2.75. The van der Waals surface area contributed by atoms with Crippen LogP contribution in [0.3, 0.4) is 0 Å². The van der Waals surface area contributed by atoms with Crippen LogP contribution in [0.15, 0.2) is 29.1 Å². The summed E-state index contributed by atoms with van der Waals surface area (Å²) in [5, 5.41) is 0. The van der Waals surface area contributed by atoms with Gasteiger partial charge in [0.05, 0.1) is 0 Å². The van der Waals surface area contributed by atoms with Gasteiger partial charge in [-0.3, -0.25) is 9.78 Å². The van der Waals surface area contributed by atoms with E-state index in [1.807, 2.05) is 0 Å². The van der Waals surface area contributed by atoms with E-state index in [1.165, 1.54) is 12.1 Å². The van der Waals surface area contributed by atoms with Crippen molar-refractivity contribution in [1.82, 2.24) is 19.9 Å². The van der Waals surface area contributed by atoms with Crippen molar-refractivity contribution in [3.05, 3.63) is 56.6 Å². The van der Waals surface area contributed by atoms with Crippen molar-refractivity contribution in [1.29, 1.82) is 0 Å². The molecule has 96 valence electrons. The van der Waals surface area contributed by atoms with E-state index in [1.54, 1.807) is 12.1 Å². The lowest BCUT2D eigenvalue weighted by molar-refractivity contribution is 0.627. The molecule has 3 N–H and O–H groups in total. The minimum atomic E-state index is -0.309. The summed E-state index contributed by atoms with van der Waals surface area (Å²) < 4.78 is 13.0. The third-order valence-corrected chi connectivity index (χ3v) is 2.93. The number of rotatable bonds is 2. The summed E-state index contributed by atoms with van der Waals surface area (Å²) in [7, 11) is 0. The summed E-state index contributed by atoms with van der Waals surface area (Å²) in [5.74, 6) is 0.331. The number of nitrogens with zero attached hydrogens (tertiary/aromatic N) is 1. The first-order valence-electron chi connectivity index (χ1n) is 5.57. The van der Waals surface area contributed by atoms with Crippen LogP contribution in [0.25, 0.3) is 11.2 Å². The van der Waals surface area contributed by atoms with Crippen molar-refractivity contribution < 1.29 is 4.39 Å². The van der Waals surface area contributed by atoms with Crippen LogP contribution in [0.1, 0.15) is 11.4 Å². The SMILES string of the molecule is O=c1[nH]c(=S)[nH]c2nc(Cc3ccc(F)cc3)[nH]c12. The maximum Gasteiger partial charge on any atom is 0.277 e. The monoisotopic (exact) mass is 276 g/mol. The molecule has 0 saturated heterocycles. The smallest absolute Gasteiger partial charge is 0.277 e. The molecule has 0 fully saturated rings. The van der Waals surface area contributed by atoms with Crippen molar-refractivity contribution in [3.8, 4) is 0 Å². The van der Waals surface area contributed by atoms with E-state index in [0.717, 1.165) is 5.56 Å². The molecule has 7 heteroatoms. The molecule has 0 aliphatic rings. The lowest BCUT2D eigenvalue weighted by Gasteiger charge is -1.97. The largest absolute Gasteiger partial charge is 0.336 e. The Labute approximate surface area is 111 Å². The second kappa shape index (κ2) is 4.43. The van der Waals surface area contributed by atoms with Gasteiger partial charge >= 0.3 is 0 Å². The number of aromatic amines is 3. The van der Waals surface area contributed by atoms with Crippen molar-refractivity contribution in [2.75, 3.05) is 0 Å². The van der Waals surface area contributed by atoms with Crippen LogP contribution in [-0.2, 0) is 6.42 Å². The Morgan fingerprint density at radius 1 is 1.16 bits per heavy atom. The van der Waals surface area contributed by atoms with Gasteiger partial charge < -0.3 is 9.97 Å². The Hall–Kier alpha value is -2.28. The highest BCUT2D eigenvalue weighted by Crippen LogP contribution is 2.10. The van der Waals surface area contributed by atoms with Gasteiger partial charge in [0.1, 0.15) is 17.2 Å². The zero-order valence-electron chi connectivity index (χ0n) is 9.66. The lowest BCUT2D eigenvalue weighted by atomic mass is 10.1. The summed E-state index contributed by atoms with van der Waals surface area (Å²) in [5.41, 5.74) is 1.36. The van der Waals surface area contributed by atoms with E-state index >= 15 is 0 Å². The number of fused-ring (bicyclic) bond motifs is 1. The van der Waals surface area contributed by atoms with Gasteiger partial charge in [-0.15, -0.1) is 0 Å². The molecule has 3 aromatic rings. The number of halogens is 1. The van der Waals surface area contributed by atoms with Gasteiger partial charge in [0, 0.05) is 6.42 Å². The fourth-order valence-electron chi connectivity index (χ4n) is 1.86. The quantitative estimate of drug-likeness (QED) is 0.627. The van der Waals surface area contributed by atoms with Crippen molar-refractivity contribution in [2.24, 2.45) is 0 Å². The van der Waals surface area contributed by atoms with Crippen LogP contribution in [0.5, 0.6) is 0 Å². The minimum absolute atomic E-state index is 0.234. The Bertz CT molecular complexity index is 847. The normalized spacial score (nSPS) is 11.0. The standard InChI is InChI=1S/C12H9FN4OS/c13-7-3-1-6(2-4-7)5-8-14-9-10(15-8)16-12(19)17-11(9)18/h1-4H,5H2,(H3,14,15,16,17,18,19). The average molecular weight is 276 g/mol. The maximum atomic E-state index is 12.8. The van der Waals surface area contributed by atoms with Crippen molar-refractivity contribution in [2.45, 2.75) is 6.42 Å². The first-order chi connectivity index (χ1) is 9.11. The second-order valence-corrected chi connectivity index (χ2v) is 4.53. The second-order valence-electron chi connectivity index (χ2n) is 4.12. The van der Waals surface area contributed by atoms with Gasteiger partial charge in [-0.1, -0.05) is 12.1 Å². The molecule has 3 rings (SSSR count). The minimum Gasteiger partial charge on any atom is -0.336 e. The van der Waals surface area contributed by atoms with Gasteiger partial charge in [-0.25, -0.2) is 9.37 Å². The molecule has 0 unspecified atom stereocenters. The highest BCUT2D eigenvalue weighted by molar-refractivity contribution is 7.71. The molecule has 2 aromatic heterocycles. The number of benzene rings is 1. The highest BCUT2D eigenvalue weighted by Gasteiger charge is 2.07. The number of hydrogen-bond acceptors (Lipinski definition) is 3. The van der Waals surface area contributed by atoms with Crippen LogP contribution in [0.4, 0.5) is 4.39 Å². The fourth-order valence-corrected chi connectivity index (χ4v) is 2.05. The van der Waals surface area contributed by atoms with E-state index in [2.05, 4.69) is 19.9 Å². The van der Waals surface area contributed by atoms with Gasteiger partial charge in [0.15, 0.2) is 10.4 Å².